The highest BCUT2D eigenvalue weighted by Gasteiger charge is 2.18. The Bertz CT molecular complexity index is 1340. The van der Waals surface area contributed by atoms with Crippen molar-refractivity contribution in [2.45, 2.75) is 20.0 Å². The minimum absolute atomic E-state index is 0.301. The van der Waals surface area contributed by atoms with Crippen molar-refractivity contribution >= 4 is 16.4 Å². The van der Waals surface area contributed by atoms with Crippen LogP contribution in [0.2, 0.25) is 0 Å². The molecule has 4 heterocycles. The lowest BCUT2D eigenvalue weighted by Gasteiger charge is -2.10. The van der Waals surface area contributed by atoms with Gasteiger partial charge in [-0.05, 0) is 44.6 Å². The Labute approximate surface area is 178 Å². The first-order chi connectivity index (χ1) is 15.2. The van der Waals surface area contributed by atoms with E-state index in [1.807, 2.05) is 50.5 Å². The summed E-state index contributed by atoms with van der Waals surface area (Å²) < 4.78 is 12.9. The van der Waals surface area contributed by atoms with Crippen LogP contribution < -0.4 is 10.1 Å². The van der Waals surface area contributed by atoms with Crippen molar-refractivity contribution in [1.82, 2.24) is 35.3 Å². The van der Waals surface area contributed by atoms with Gasteiger partial charge in [0, 0.05) is 23.0 Å². The molecule has 1 N–H and O–H groups in total. The molecule has 0 amide bonds. The van der Waals surface area contributed by atoms with Crippen LogP contribution in [0, 0.1) is 6.92 Å². The monoisotopic (exact) mass is 415 g/mol. The van der Waals surface area contributed by atoms with Gasteiger partial charge in [-0.1, -0.05) is 29.4 Å². The minimum atomic E-state index is 0.301. The molecular formula is C22H21N7O2. The lowest BCUT2D eigenvalue weighted by Crippen LogP contribution is -2.10. The van der Waals surface area contributed by atoms with Crippen molar-refractivity contribution in [2.75, 3.05) is 13.6 Å². The molecule has 9 nitrogen and oxygen atoms in total. The van der Waals surface area contributed by atoms with Crippen LogP contribution in [-0.2, 0) is 13.0 Å². The molecule has 5 rings (SSSR count). The molecule has 5 aromatic rings. The van der Waals surface area contributed by atoms with Gasteiger partial charge >= 0.3 is 0 Å². The van der Waals surface area contributed by atoms with Crippen LogP contribution in [0.25, 0.3) is 27.9 Å². The number of nitrogens with zero attached hydrogens (tertiary/aromatic N) is 6. The van der Waals surface area contributed by atoms with Gasteiger partial charge in [0.1, 0.15) is 12.4 Å². The van der Waals surface area contributed by atoms with E-state index in [4.69, 9.17) is 9.26 Å². The molecule has 0 saturated heterocycles. The molecular weight excluding hydrogens is 394 g/mol. The van der Waals surface area contributed by atoms with Gasteiger partial charge in [-0.15, -0.1) is 15.3 Å². The van der Waals surface area contributed by atoms with Crippen molar-refractivity contribution in [1.29, 1.82) is 0 Å². The summed E-state index contributed by atoms with van der Waals surface area (Å²) in [6.07, 6.45) is 2.82. The van der Waals surface area contributed by atoms with Crippen molar-refractivity contribution < 1.29 is 9.26 Å². The summed E-state index contributed by atoms with van der Waals surface area (Å²) in [5.74, 6) is 1.66. The highest BCUT2D eigenvalue weighted by atomic mass is 16.5. The fourth-order valence-electron chi connectivity index (χ4n) is 3.39. The van der Waals surface area contributed by atoms with E-state index in [-0.39, 0.29) is 0 Å². The topological polar surface area (TPSA) is 103 Å². The maximum Gasteiger partial charge on any atom is 0.240 e. The van der Waals surface area contributed by atoms with E-state index in [1.165, 1.54) is 5.56 Å². The second kappa shape index (κ2) is 8.11. The fourth-order valence-corrected chi connectivity index (χ4v) is 3.39. The van der Waals surface area contributed by atoms with Crippen LogP contribution in [0.5, 0.6) is 5.88 Å². The number of nitrogens with one attached hydrogen (secondary N) is 1. The third-order valence-corrected chi connectivity index (χ3v) is 4.99. The molecule has 4 aromatic heterocycles. The van der Waals surface area contributed by atoms with E-state index in [2.05, 4.69) is 36.8 Å². The maximum atomic E-state index is 6.09. The molecule has 31 heavy (non-hydrogen) atoms. The third kappa shape index (κ3) is 3.71. The molecule has 0 bridgehead atoms. The number of ether oxygens (including phenoxy) is 1. The van der Waals surface area contributed by atoms with Crippen molar-refractivity contribution in [3.8, 4) is 17.4 Å². The number of benzene rings is 1. The molecule has 156 valence electrons. The number of likely N-dealkylation sites (N-methyl/N-ethyl adjacent to an activating group) is 1. The van der Waals surface area contributed by atoms with Crippen LogP contribution >= 0.6 is 0 Å². The zero-order valence-electron chi connectivity index (χ0n) is 17.2. The average Bonchev–Trinajstić information content (AvgIpc) is 3.42. The summed E-state index contributed by atoms with van der Waals surface area (Å²) in [6, 6.07) is 13.7. The predicted molar refractivity (Wildman–Crippen MR) is 115 cm³/mol. The molecule has 0 saturated carbocycles. The largest absolute Gasteiger partial charge is 0.470 e. The maximum absolute atomic E-state index is 6.09. The van der Waals surface area contributed by atoms with Gasteiger partial charge < -0.3 is 14.6 Å². The van der Waals surface area contributed by atoms with E-state index in [0.717, 1.165) is 29.4 Å². The first-order valence-corrected chi connectivity index (χ1v) is 10.0. The summed E-state index contributed by atoms with van der Waals surface area (Å²) in [6.45, 7) is 3.04. The average molecular weight is 415 g/mol. The van der Waals surface area contributed by atoms with E-state index in [9.17, 15) is 0 Å². The Balaban J connectivity index is 1.50. The number of aryl methyl sites for hydroxylation is 1. The normalized spacial score (nSPS) is 11.4. The number of aromatic nitrogens is 6. The Kier molecular flexibility index (Phi) is 5.01. The lowest BCUT2D eigenvalue weighted by atomic mass is 10.2. The van der Waals surface area contributed by atoms with E-state index < -0.39 is 0 Å². The van der Waals surface area contributed by atoms with Gasteiger partial charge in [0.25, 0.3) is 0 Å². The summed E-state index contributed by atoms with van der Waals surface area (Å²) in [4.78, 5) is 4.51. The SMILES string of the molecule is CNCCc1ccc(COc2nn3c(-c4cc(C)on4)nnc3c3ccccc23)nc1. The second-order valence-corrected chi connectivity index (χ2v) is 7.23. The summed E-state index contributed by atoms with van der Waals surface area (Å²) in [5.41, 5.74) is 3.21. The van der Waals surface area contributed by atoms with Gasteiger partial charge in [-0.3, -0.25) is 4.98 Å². The fraction of sp³-hybridized carbons (Fsp3) is 0.227. The molecule has 0 unspecified atom stereocenters. The lowest BCUT2D eigenvalue weighted by molar-refractivity contribution is 0.289. The van der Waals surface area contributed by atoms with Crippen LogP contribution in [0.1, 0.15) is 17.0 Å². The standard InChI is InChI=1S/C22H21N7O2/c1-14-11-19(28-31-14)21-26-25-20-17-5-3-4-6-18(17)22(27-29(20)21)30-13-16-8-7-15(12-24-16)9-10-23-2/h3-8,11-12,23H,9-10,13H2,1-2H3. The Morgan fingerprint density at radius 1 is 1.10 bits per heavy atom. The van der Waals surface area contributed by atoms with Crippen LogP contribution in [-0.4, -0.2) is 43.5 Å². The highest BCUT2D eigenvalue weighted by Crippen LogP contribution is 2.29. The number of pyridine rings is 1. The molecule has 0 aliphatic heterocycles. The van der Waals surface area contributed by atoms with Crippen molar-refractivity contribution in [2.24, 2.45) is 0 Å². The smallest absolute Gasteiger partial charge is 0.240 e. The Morgan fingerprint density at radius 2 is 1.97 bits per heavy atom. The molecule has 0 atom stereocenters. The van der Waals surface area contributed by atoms with Gasteiger partial charge in [-0.2, -0.15) is 4.52 Å². The Morgan fingerprint density at radius 3 is 2.71 bits per heavy atom. The zero-order valence-corrected chi connectivity index (χ0v) is 17.2. The second-order valence-electron chi connectivity index (χ2n) is 7.23. The number of fused-ring (bicyclic) bond motifs is 3. The van der Waals surface area contributed by atoms with E-state index >= 15 is 0 Å². The zero-order chi connectivity index (χ0) is 21.2. The van der Waals surface area contributed by atoms with Gasteiger partial charge in [0.05, 0.1) is 5.69 Å². The van der Waals surface area contributed by atoms with Crippen LogP contribution in [0.15, 0.2) is 53.2 Å². The van der Waals surface area contributed by atoms with E-state index in [0.29, 0.717) is 35.4 Å². The van der Waals surface area contributed by atoms with Crippen molar-refractivity contribution in [3.05, 3.63) is 65.7 Å². The van der Waals surface area contributed by atoms with Crippen molar-refractivity contribution in [3.63, 3.8) is 0 Å². The molecule has 0 radical (unpaired) electrons. The molecule has 0 aliphatic carbocycles. The van der Waals surface area contributed by atoms with Gasteiger partial charge in [0.15, 0.2) is 11.3 Å². The first-order valence-electron chi connectivity index (χ1n) is 10.0. The Hall–Kier alpha value is -3.85. The molecule has 0 fully saturated rings. The highest BCUT2D eigenvalue weighted by molar-refractivity contribution is 5.96. The summed E-state index contributed by atoms with van der Waals surface area (Å²) in [5, 5.41) is 22.2. The van der Waals surface area contributed by atoms with Gasteiger partial charge in [-0.25, -0.2) is 0 Å². The van der Waals surface area contributed by atoms with Crippen LogP contribution in [0.4, 0.5) is 0 Å². The quantitative estimate of drug-likeness (QED) is 0.433. The number of hydrogen-bond donors (Lipinski definition) is 1. The van der Waals surface area contributed by atoms with E-state index in [1.54, 1.807) is 10.6 Å². The number of rotatable bonds is 7. The molecule has 0 aliphatic rings. The molecule has 1 aromatic carbocycles. The molecule has 0 spiro atoms. The minimum Gasteiger partial charge on any atom is -0.470 e. The van der Waals surface area contributed by atoms with Gasteiger partial charge in [0.2, 0.25) is 11.7 Å². The number of hydrogen-bond acceptors (Lipinski definition) is 8. The third-order valence-electron chi connectivity index (χ3n) is 4.99. The predicted octanol–water partition coefficient (Wildman–Crippen LogP) is 2.98. The van der Waals surface area contributed by atoms with Crippen LogP contribution in [0.3, 0.4) is 0 Å². The summed E-state index contributed by atoms with van der Waals surface area (Å²) >= 11 is 0. The molecule has 9 heteroatoms. The first kappa shape index (κ1) is 19.1. The summed E-state index contributed by atoms with van der Waals surface area (Å²) in [7, 11) is 1.94.